The summed E-state index contributed by atoms with van der Waals surface area (Å²) in [5.74, 6) is 0.676. The maximum Gasteiger partial charge on any atom is 0.0358 e. The second-order valence-corrected chi connectivity index (χ2v) is 3.31. The van der Waals surface area contributed by atoms with E-state index in [0.29, 0.717) is 5.92 Å². The Labute approximate surface area is 74.0 Å². The molecule has 0 heterocycles. The van der Waals surface area contributed by atoms with Gasteiger partial charge in [-0.2, -0.15) is 0 Å². The second kappa shape index (κ2) is 6.47. The number of thioether (sulfide) groups is 1. The Balaban J connectivity index is 4.20. The zero-order chi connectivity index (χ0) is 8.69. The first kappa shape index (κ1) is 10.8. The Morgan fingerprint density at radius 2 is 2.09 bits per heavy atom. The van der Waals surface area contributed by atoms with Crippen LogP contribution in [0.1, 0.15) is 26.7 Å². The molecule has 2 heteroatoms. The van der Waals surface area contributed by atoms with Crippen LogP contribution in [-0.2, 0) is 0 Å². The van der Waals surface area contributed by atoms with Crippen molar-refractivity contribution >= 4 is 18.5 Å². The minimum atomic E-state index is 0.676. The molecular weight excluding hydrogens is 154 g/mol. The van der Waals surface area contributed by atoms with Crippen LogP contribution < -0.4 is 0 Å². The number of allylic oxidation sites excluding steroid dienone is 1. The Hall–Kier alpha value is -0.240. The van der Waals surface area contributed by atoms with Crippen LogP contribution in [0.5, 0.6) is 0 Å². The van der Waals surface area contributed by atoms with Crippen LogP contribution >= 0.6 is 11.8 Å². The highest BCUT2D eigenvalue weighted by molar-refractivity contribution is 8.02. The lowest BCUT2D eigenvalue weighted by Crippen LogP contribution is -1.97. The maximum atomic E-state index is 3.79. The van der Waals surface area contributed by atoms with Crippen molar-refractivity contribution in [1.82, 2.24) is 0 Å². The van der Waals surface area contributed by atoms with Gasteiger partial charge in [0.2, 0.25) is 0 Å². The van der Waals surface area contributed by atoms with E-state index in [1.54, 1.807) is 11.8 Å². The van der Waals surface area contributed by atoms with Crippen molar-refractivity contribution in [2.75, 3.05) is 6.26 Å². The van der Waals surface area contributed by atoms with Crippen molar-refractivity contribution < 1.29 is 0 Å². The quantitative estimate of drug-likeness (QED) is 0.578. The average molecular weight is 171 g/mol. The fraction of sp³-hybridized carbons (Fsp3) is 0.667. The smallest absolute Gasteiger partial charge is 0.0358 e. The van der Waals surface area contributed by atoms with Gasteiger partial charge in [0.1, 0.15) is 0 Å². The lowest BCUT2D eigenvalue weighted by Gasteiger charge is -2.13. The third kappa shape index (κ3) is 3.61. The van der Waals surface area contributed by atoms with Crippen molar-refractivity contribution in [3.8, 4) is 0 Å². The predicted molar refractivity (Wildman–Crippen MR) is 55.2 cm³/mol. The number of aliphatic imine (C=N–C) groups is 1. The Bertz CT molecular complexity index is 136. The van der Waals surface area contributed by atoms with Crippen molar-refractivity contribution in [2.24, 2.45) is 10.9 Å². The summed E-state index contributed by atoms with van der Waals surface area (Å²) < 4.78 is 0. The molecule has 0 rings (SSSR count). The van der Waals surface area contributed by atoms with E-state index in [9.17, 15) is 0 Å². The fourth-order valence-electron chi connectivity index (χ4n) is 1.11. The van der Waals surface area contributed by atoms with Gasteiger partial charge in [0.05, 0.1) is 0 Å². The summed E-state index contributed by atoms with van der Waals surface area (Å²) in [5.41, 5.74) is 0. The molecule has 0 aliphatic carbocycles. The molecule has 0 spiro atoms. The highest BCUT2D eigenvalue weighted by atomic mass is 32.2. The molecule has 0 amide bonds. The maximum absolute atomic E-state index is 3.79. The van der Waals surface area contributed by atoms with E-state index in [4.69, 9.17) is 0 Å². The molecule has 0 bridgehead atoms. The van der Waals surface area contributed by atoms with Crippen LogP contribution in [0.2, 0.25) is 0 Å². The Morgan fingerprint density at radius 3 is 2.36 bits per heavy atom. The fourth-order valence-corrected chi connectivity index (χ4v) is 1.95. The number of nitrogens with zero attached hydrogens (tertiary/aromatic N) is 1. The molecule has 0 saturated heterocycles. The van der Waals surface area contributed by atoms with Crippen molar-refractivity contribution in [2.45, 2.75) is 26.7 Å². The van der Waals surface area contributed by atoms with E-state index in [0.717, 1.165) is 0 Å². The van der Waals surface area contributed by atoms with Gasteiger partial charge in [-0.1, -0.05) is 13.8 Å². The van der Waals surface area contributed by atoms with E-state index in [-0.39, 0.29) is 0 Å². The molecule has 0 fully saturated rings. The first-order valence-corrected chi connectivity index (χ1v) is 5.22. The van der Waals surface area contributed by atoms with Crippen LogP contribution in [0.15, 0.2) is 16.1 Å². The van der Waals surface area contributed by atoms with Crippen LogP contribution in [-0.4, -0.2) is 13.0 Å². The largest absolute Gasteiger partial charge is 0.272 e. The third-order valence-corrected chi connectivity index (χ3v) is 2.75. The molecule has 0 aliphatic rings. The van der Waals surface area contributed by atoms with Gasteiger partial charge < -0.3 is 0 Å². The summed E-state index contributed by atoms with van der Waals surface area (Å²) in [6.07, 6.45) is 6.36. The van der Waals surface area contributed by atoms with Crippen LogP contribution in [0, 0.1) is 5.92 Å². The monoisotopic (exact) mass is 171 g/mol. The van der Waals surface area contributed by atoms with Gasteiger partial charge in [-0.05, 0) is 31.7 Å². The zero-order valence-electron chi connectivity index (χ0n) is 7.63. The Morgan fingerprint density at radius 1 is 1.55 bits per heavy atom. The van der Waals surface area contributed by atoms with Gasteiger partial charge in [-0.15, -0.1) is 11.8 Å². The molecule has 0 aromatic heterocycles. The van der Waals surface area contributed by atoms with Gasteiger partial charge in [-0.3, -0.25) is 4.99 Å². The molecule has 0 aromatic rings. The van der Waals surface area contributed by atoms with Gasteiger partial charge >= 0.3 is 0 Å². The molecule has 0 radical (unpaired) electrons. The van der Waals surface area contributed by atoms with E-state index in [1.807, 2.05) is 6.20 Å². The molecule has 64 valence electrons. The second-order valence-electron chi connectivity index (χ2n) is 2.43. The lowest BCUT2D eigenvalue weighted by molar-refractivity contribution is 0.596. The summed E-state index contributed by atoms with van der Waals surface area (Å²) in [6, 6.07) is 0. The van der Waals surface area contributed by atoms with Gasteiger partial charge in [0.25, 0.3) is 0 Å². The standard InChI is InChI=1S/C9H17NS/c1-5-8(6-2)9(11-4)7-10-3/h7-8H,3,5-6H2,1-2,4H3/b9-7-. The van der Waals surface area contributed by atoms with Crippen LogP contribution in [0.3, 0.4) is 0 Å². The molecule has 0 aromatic carbocycles. The summed E-state index contributed by atoms with van der Waals surface area (Å²) in [6.45, 7) is 7.88. The first-order valence-electron chi connectivity index (χ1n) is 3.99. The highest BCUT2D eigenvalue weighted by Gasteiger charge is 2.07. The SMILES string of the molecule is C=N/C=C(\SC)C(CC)CC. The number of hydrogen-bond acceptors (Lipinski definition) is 2. The summed E-state index contributed by atoms with van der Waals surface area (Å²) >= 11 is 1.78. The minimum absolute atomic E-state index is 0.676. The van der Waals surface area contributed by atoms with E-state index in [1.165, 1.54) is 17.7 Å². The number of rotatable bonds is 5. The third-order valence-electron chi connectivity index (χ3n) is 1.84. The van der Waals surface area contributed by atoms with E-state index < -0.39 is 0 Å². The van der Waals surface area contributed by atoms with Gasteiger partial charge in [-0.25, -0.2) is 0 Å². The predicted octanol–water partition coefficient (Wildman–Crippen LogP) is 3.33. The molecule has 11 heavy (non-hydrogen) atoms. The molecule has 0 atom stereocenters. The lowest BCUT2D eigenvalue weighted by atomic mass is 10.0. The zero-order valence-corrected chi connectivity index (χ0v) is 8.45. The topological polar surface area (TPSA) is 12.4 Å². The van der Waals surface area contributed by atoms with Crippen molar-refractivity contribution in [3.63, 3.8) is 0 Å². The average Bonchev–Trinajstić information content (AvgIpc) is 2.05. The summed E-state index contributed by atoms with van der Waals surface area (Å²) in [7, 11) is 0. The minimum Gasteiger partial charge on any atom is -0.272 e. The molecule has 0 unspecified atom stereocenters. The normalized spacial score (nSPS) is 12.2. The Kier molecular flexibility index (Phi) is 6.33. The summed E-state index contributed by atoms with van der Waals surface area (Å²) in [5, 5.41) is 0. The molecule has 0 aliphatic heterocycles. The van der Waals surface area contributed by atoms with Crippen molar-refractivity contribution in [1.29, 1.82) is 0 Å². The number of hydrogen-bond donors (Lipinski definition) is 0. The molecule has 1 nitrogen and oxygen atoms in total. The van der Waals surface area contributed by atoms with Crippen LogP contribution in [0.25, 0.3) is 0 Å². The first-order chi connectivity index (χ1) is 5.29. The summed E-state index contributed by atoms with van der Waals surface area (Å²) in [4.78, 5) is 5.14. The molecule has 0 N–H and O–H groups in total. The van der Waals surface area contributed by atoms with E-state index in [2.05, 4.69) is 31.8 Å². The van der Waals surface area contributed by atoms with E-state index >= 15 is 0 Å². The van der Waals surface area contributed by atoms with Crippen LogP contribution in [0.4, 0.5) is 0 Å². The molecular formula is C9H17NS. The highest BCUT2D eigenvalue weighted by Crippen LogP contribution is 2.27. The molecule has 0 saturated carbocycles. The van der Waals surface area contributed by atoms with Gasteiger partial charge in [0, 0.05) is 11.1 Å². The van der Waals surface area contributed by atoms with Crippen molar-refractivity contribution in [3.05, 3.63) is 11.1 Å². The van der Waals surface area contributed by atoms with Gasteiger partial charge in [0.15, 0.2) is 0 Å².